The van der Waals surface area contributed by atoms with Crippen LogP contribution in [0.2, 0.25) is 0 Å². The standard InChI is InChI=1S/C18H30O6/c1-8-10-24-15(20)17(3,4)11-13(14(19)22-6)12-18(5,9-2)16(21)23-7/h8,13H,1,9-12H2,2-7H3. The van der Waals surface area contributed by atoms with Gasteiger partial charge in [0.1, 0.15) is 6.61 Å². The van der Waals surface area contributed by atoms with E-state index in [1.807, 2.05) is 6.92 Å². The molecule has 0 aromatic heterocycles. The molecule has 0 radical (unpaired) electrons. The number of hydrogen-bond donors (Lipinski definition) is 0. The average molecular weight is 342 g/mol. The Morgan fingerprint density at radius 2 is 1.62 bits per heavy atom. The summed E-state index contributed by atoms with van der Waals surface area (Å²) in [6, 6.07) is 0. The van der Waals surface area contributed by atoms with Gasteiger partial charge in [-0.2, -0.15) is 0 Å². The Labute approximate surface area is 144 Å². The highest BCUT2D eigenvalue weighted by Gasteiger charge is 2.42. The fourth-order valence-corrected chi connectivity index (χ4v) is 2.60. The third-order valence-electron chi connectivity index (χ3n) is 4.33. The van der Waals surface area contributed by atoms with E-state index in [1.165, 1.54) is 20.3 Å². The molecule has 138 valence electrons. The van der Waals surface area contributed by atoms with Crippen LogP contribution in [0.1, 0.15) is 47.0 Å². The van der Waals surface area contributed by atoms with Gasteiger partial charge in [-0.3, -0.25) is 14.4 Å². The van der Waals surface area contributed by atoms with Crippen LogP contribution in [0.3, 0.4) is 0 Å². The third-order valence-corrected chi connectivity index (χ3v) is 4.33. The lowest BCUT2D eigenvalue weighted by atomic mass is 9.73. The average Bonchev–Trinajstić information content (AvgIpc) is 2.56. The molecule has 0 bridgehead atoms. The molecule has 24 heavy (non-hydrogen) atoms. The van der Waals surface area contributed by atoms with Crippen molar-refractivity contribution in [1.82, 2.24) is 0 Å². The van der Waals surface area contributed by atoms with E-state index in [0.717, 1.165) is 0 Å². The van der Waals surface area contributed by atoms with Crippen LogP contribution in [-0.2, 0) is 28.6 Å². The summed E-state index contributed by atoms with van der Waals surface area (Å²) in [5.41, 5.74) is -1.72. The summed E-state index contributed by atoms with van der Waals surface area (Å²) < 4.78 is 14.8. The first-order valence-corrected chi connectivity index (χ1v) is 8.02. The topological polar surface area (TPSA) is 78.9 Å². The Bertz CT molecular complexity index is 468. The molecule has 0 aromatic rings. The first kappa shape index (κ1) is 22.1. The highest BCUT2D eigenvalue weighted by atomic mass is 16.5. The molecule has 0 aliphatic heterocycles. The molecule has 6 nitrogen and oxygen atoms in total. The smallest absolute Gasteiger partial charge is 0.311 e. The van der Waals surface area contributed by atoms with E-state index in [9.17, 15) is 14.4 Å². The van der Waals surface area contributed by atoms with Crippen LogP contribution in [0.15, 0.2) is 12.7 Å². The second kappa shape index (κ2) is 9.45. The van der Waals surface area contributed by atoms with E-state index in [0.29, 0.717) is 6.42 Å². The predicted molar refractivity (Wildman–Crippen MR) is 90.1 cm³/mol. The van der Waals surface area contributed by atoms with Gasteiger partial charge in [0.2, 0.25) is 0 Å². The molecule has 0 N–H and O–H groups in total. The molecule has 0 saturated carbocycles. The maximum absolute atomic E-state index is 12.2. The van der Waals surface area contributed by atoms with Crippen LogP contribution in [-0.4, -0.2) is 38.7 Å². The number of carbonyl (C=O) groups is 3. The molecule has 0 aliphatic carbocycles. The summed E-state index contributed by atoms with van der Waals surface area (Å²) >= 11 is 0. The van der Waals surface area contributed by atoms with Gasteiger partial charge in [0.15, 0.2) is 0 Å². The zero-order chi connectivity index (χ0) is 19.0. The Balaban J connectivity index is 5.34. The van der Waals surface area contributed by atoms with Crippen LogP contribution in [0.25, 0.3) is 0 Å². The van der Waals surface area contributed by atoms with E-state index in [1.54, 1.807) is 20.8 Å². The summed E-state index contributed by atoms with van der Waals surface area (Å²) in [5, 5.41) is 0. The molecule has 6 heteroatoms. The third kappa shape index (κ3) is 5.98. The van der Waals surface area contributed by atoms with Crippen molar-refractivity contribution in [3.8, 4) is 0 Å². The molecule has 0 saturated heterocycles. The number of rotatable bonds is 10. The van der Waals surface area contributed by atoms with Crippen molar-refractivity contribution in [1.29, 1.82) is 0 Å². The Kier molecular flexibility index (Phi) is 8.72. The summed E-state index contributed by atoms with van der Waals surface area (Å²) in [4.78, 5) is 36.4. The van der Waals surface area contributed by atoms with Crippen molar-refractivity contribution in [2.24, 2.45) is 16.7 Å². The van der Waals surface area contributed by atoms with Gasteiger partial charge < -0.3 is 14.2 Å². The molecular weight excluding hydrogens is 312 g/mol. The summed E-state index contributed by atoms with van der Waals surface area (Å²) in [6.07, 6.45) is 2.44. The van der Waals surface area contributed by atoms with E-state index in [2.05, 4.69) is 6.58 Å². The van der Waals surface area contributed by atoms with Gasteiger partial charge >= 0.3 is 17.9 Å². The van der Waals surface area contributed by atoms with E-state index < -0.39 is 28.7 Å². The second-order valence-corrected chi connectivity index (χ2v) is 6.81. The number of methoxy groups -OCH3 is 2. The predicted octanol–water partition coefficient (Wildman–Crippen LogP) is 2.90. The Hall–Kier alpha value is -1.85. The maximum atomic E-state index is 12.2. The van der Waals surface area contributed by atoms with Gasteiger partial charge in [0.05, 0.1) is 31.0 Å². The van der Waals surface area contributed by atoms with Crippen molar-refractivity contribution in [2.75, 3.05) is 20.8 Å². The number of hydrogen-bond acceptors (Lipinski definition) is 6. The van der Waals surface area contributed by atoms with E-state index >= 15 is 0 Å². The van der Waals surface area contributed by atoms with Gasteiger partial charge in [-0.05, 0) is 40.0 Å². The minimum absolute atomic E-state index is 0.111. The van der Waals surface area contributed by atoms with Gasteiger partial charge in [-0.1, -0.05) is 19.6 Å². The zero-order valence-corrected chi connectivity index (χ0v) is 15.6. The van der Waals surface area contributed by atoms with Gasteiger partial charge in [0.25, 0.3) is 0 Å². The van der Waals surface area contributed by atoms with Crippen LogP contribution in [0.4, 0.5) is 0 Å². The van der Waals surface area contributed by atoms with Gasteiger partial charge in [-0.15, -0.1) is 0 Å². The van der Waals surface area contributed by atoms with Crippen LogP contribution in [0, 0.1) is 16.7 Å². The fraction of sp³-hybridized carbons (Fsp3) is 0.722. The Morgan fingerprint density at radius 3 is 2.04 bits per heavy atom. The molecule has 2 atom stereocenters. The van der Waals surface area contributed by atoms with Crippen LogP contribution in [0.5, 0.6) is 0 Å². The number of carbonyl (C=O) groups excluding carboxylic acids is 3. The second-order valence-electron chi connectivity index (χ2n) is 6.81. The lowest BCUT2D eigenvalue weighted by Gasteiger charge is -2.32. The normalized spacial score (nSPS) is 14.9. The molecule has 0 aromatic carbocycles. The van der Waals surface area contributed by atoms with Crippen molar-refractivity contribution < 1.29 is 28.6 Å². The monoisotopic (exact) mass is 342 g/mol. The number of ether oxygens (including phenoxy) is 3. The van der Waals surface area contributed by atoms with E-state index in [4.69, 9.17) is 14.2 Å². The first-order valence-electron chi connectivity index (χ1n) is 8.02. The van der Waals surface area contributed by atoms with Crippen molar-refractivity contribution in [3.05, 3.63) is 12.7 Å². The fourth-order valence-electron chi connectivity index (χ4n) is 2.60. The molecule has 0 heterocycles. The lowest BCUT2D eigenvalue weighted by Crippen LogP contribution is -2.37. The van der Waals surface area contributed by atoms with Gasteiger partial charge in [-0.25, -0.2) is 0 Å². The first-order chi connectivity index (χ1) is 11.1. The summed E-state index contributed by atoms with van der Waals surface area (Å²) in [5.74, 6) is -1.88. The largest absolute Gasteiger partial charge is 0.469 e. The molecular formula is C18H30O6. The summed E-state index contributed by atoms with van der Waals surface area (Å²) in [7, 11) is 2.61. The minimum atomic E-state index is -0.896. The molecule has 0 spiro atoms. The zero-order valence-electron chi connectivity index (χ0n) is 15.6. The highest BCUT2D eigenvalue weighted by Crippen LogP contribution is 2.37. The van der Waals surface area contributed by atoms with Crippen molar-refractivity contribution in [3.63, 3.8) is 0 Å². The molecule has 0 fully saturated rings. The van der Waals surface area contributed by atoms with Crippen LogP contribution < -0.4 is 0 Å². The van der Waals surface area contributed by atoms with Crippen molar-refractivity contribution in [2.45, 2.75) is 47.0 Å². The molecule has 0 aliphatic rings. The maximum Gasteiger partial charge on any atom is 0.311 e. The number of esters is 3. The Morgan fingerprint density at radius 1 is 1.04 bits per heavy atom. The highest BCUT2D eigenvalue weighted by molar-refractivity contribution is 5.80. The van der Waals surface area contributed by atoms with E-state index in [-0.39, 0.29) is 25.4 Å². The molecule has 2 unspecified atom stereocenters. The van der Waals surface area contributed by atoms with Crippen molar-refractivity contribution >= 4 is 17.9 Å². The minimum Gasteiger partial charge on any atom is -0.469 e. The van der Waals surface area contributed by atoms with Gasteiger partial charge in [0, 0.05) is 0 Å². The molecule has 0 amide bonds. The lowest BCUT2D eigenvalue weighted by molar-refractivity contribution is -0.159. The quantitative estimate of drug-likeness (QED) is 0.345. The molecule has 0 rings (SSSR count). The summed E-state index contributed by atoms with van der Waals surface area (Å²) in [6.45, 7) is 10.6. The van der Waals surface area contributed by atoms with Crippen LogP contribution >= 0.6 is 0 Å². The SMILES string of the molecule is C=CCOC(=O)C(C)(C)CC(CC(C)(CC)C(=O)OC)C(=O)OC.